The van der Waals surface area contributed by atoms with Crippen LogP contribution >= 0.6 is 0 Å². The molecular weight excluding hydrogens is 265 g/mol. The van der Waals surface area contributed by atoms with Crippen molar-refractivity contribution in [3.05, 3.63) is 23.8 Å². The summed E-state index contributed by atoms with van der Waals surface area (Å²) in [6.45, 7) is 3.03. The number of hydrogen-bond acceptors (Lipinski definition) is 5. The first kappa shape index (κ1) is 13.2. The zero-order valence-corrected chi connectivity index (χ0v) is 9.96. The number of halogens is 3. The van der Waals surface area contributed by atoms with Gasteiger partial charge in [0.05, 0.1) is 18.1 Å². The molecule has 0 saturated heterocycles. The number of hydrogen-bond donors (Lipinski definition) is 0. The molecule has 102 valence electrons. The van der Waals surface area contributed by atoms with E-state index >= 15 is 0 Å². The highest BCUT2D eigenvalue weighted by Crippen LogP contribution is 2.33. The van der Waals surface area contributed by atoms with Gasteiger partial charge in [-0.15, -0.1) is 10.2 Å². The molecule has 19 heavy (non-hydrogen) atoms. The van der Waals surface area contributed by atoms with E-state index in [4.69, 9.17) is 0 Å². The van der Waals surface area contributed by atoms with E-state index < -0.39 is 23.8 Å². The SMILES string of the molecule is CC(C)c1c(C(F)(F)F)nnn1C(=O)n1ccnn1. The molecule has 0 atom stereocenters. The van der Waals surface area contributed by atoms with Crippen LogP contribution in [0.1, 0.15) is 31.2 Å². The average molecular weight is 274 g/mol. The van der Waals surface area contributed by atoms with Crippen LogP contribution in [0.2, 0.25) is 0 Å². The molecule has 0 saturated carbocycles. The van der Waals surface area contributed by atoms with Gasteiger partial charge in [-0.3, -0.25) is 0 Å². The predicted molar refractivity (Wildman–Crippen MR) is 55.3 cm³/mol. The van der Waals surface area contributed by atoms with Crippen LogP contribution in [0, 0.1) is 0 Å². The Bertz CT molecular complexity index is 586. The van der Waals surface area contributed by atoms with Crippen LogP contribution in [0.25, 0.3) is 0 Å². The lowest BCUT2D eigenvalue weighted by Crippen LogP contribution is -2.24. The van der Waals surface area contributed by atoms with Crippen LogP contribution in [0.3, 0.4) is 0 Å². The second kappa shape index (κ2) is 4.44. The molecule has 2 rings (SSSR count). The number of carbonyl (C=O) groups is 1. The Labute approximate surface area is 105 Å². The lowest BCUT2D eigenvalue weighted by Gasteiger charge is -2.10. The van der Waals surface area contributed by atoms with Crippen molar-refractivity contribution in [2.45, 2.75) is 25.9 Å². The number of aromatic nitrogens is 6. The maximum Gasteiger partial charge on any atom is 0.437 e. The molecular formula is C9H9F3N6O. The first-order valence-electron chi connectivity index (χ1n) is 5.26. The lowest BCUT2D eigenvalue weighted by atomic mass is 10.1. The summed E-state index contributed by atoms with van der Waals surface area (Å²) in [5, 5.41) is 13.1. The Hall–Kier alpha value is -2.26. The molecule has 0 aliphatic heterocycles. The summed E-state index contributed by atoms with van der Waals surface area (Å²) in [6.07, 6.45) is -2.23. The quantitative estimate of drug-likeness (QED) is 0.788. The van der Waals surface area contributed by atoms with Gasteiger partial charge in [-0.25, -0.2) is 4.79 Å². The normalized spacial score (nSPS) is 12.1. The maximum atomic E-state index is 12.8. The molecule has 0 radical (unpaired) electrons. The van der Waals surface area contributed by atoms with Gasteiger partial charge in [0.2, 0.25) is 0 Å². The van der Waals surface area contributed by atoms with Crippen molar-refractivity contribution < 1.29 is 18.0 Å². The maximum absolute atomic E-state index is 12.8. The lowest BCUT2D eigenvalue weighted by molar-refractivity contribution is -0.142. The molecule has 2 aromatic heterocycles. The van der Waals surface area contributed by atoms with Crippen molar-refractivity contribution in [1.29, 1.82) is 0 Å². The van der Waals surface area contributed by atoms with E-state index in [1.807, 2.05) is 0 Å². The van der Waals surface area contributed by atoms with E-state index in [-0.39, 0.29) is 5.69 Å². The van der Waals surface area contributed by atoms with Gasteiger partial charge < -0.3 is 0 Å². The van der Waals surface area contributed by atoms with E-state index in [0.717, 1.165) is 4.68 Å². The summed E-state index contributed by atoms with van der Waals surface area (Å²) >= 11 is 0. The van der Waals surface area contributed by atoms with Crippen LogP contribution in [0.5, 0.6) is 0 Å². The second-order valence-electron chi connectivity index (χ2n) is 4.02. The van der Waals surface area contributed by atoms with Crippen LogP contribution in [-0.4, -0.2) is 36.0 Å². The Kier molecular flexibility index (Phi) is 3.08. The van der Waals surface area contributed by atoms with E-state index in [2.05, 4.69) is 20.6 Å². The largest absolute Gasteiger partial charge is 0.437 e. The summed E-state index contributed by atoms with van der Waals surface area (Å²) in [5.41, 5.74) is -1.48. The fourth-order valence-electron chi connectivity index (χ4n) is 1.56. The highest BCUT2D eigenvalue weighted by molar-refractivity contribution is 5.78. The molecule has 2 heterocycles. The van der Waals surface area contributed by atoms with Gasteiger partial charge in [-0.2, -0.15) is 22.5 Å². The fourth-order valence-corrected chi connectivity index (χ4v) is 1.56. The fraction of sp³-hybridized carbons (Fsp3) is 0.444. The monoisotopic (exact) mass is 274 g/mol. The smallest absolute Gasteiger partial charge is 0.243 e. The molecule has 10 heteroatoms. The molecule has 0 amide bonds. The molecule has 7 nitrogen and oxygen atoms in total. The van der Waals surface area contributed by atoms with Crippen LogP contribution in [0.4, 0.5) is 18.0 Å². The molecule has 0 aliphatic rings. The first-order valence-corrected chi connectivity index (χ1v) is 5.26. The van der Waals surface area contributed by atoms with Crippen molar-refractivity contribution in [3.63, 3.8) is 0 Å². The molecule has 2 aromatic rings. The van der Waals surface area contributed by atoms with E-state index in [1.54, 1.807) is 0 Å². The number of rotatable bonds is 1. The van der Waals surface area contributed by atoms with Crippen LogP contribution in [-0.2, 0) is 6.18 Å². The molecule has 0 spiro atoms. The molecule has 0 fully saturated rings. The molecule has 0 aromatic carbocycles. The van der Waals surface area contributed by atoms with Crippen molar-refractivity contribution in [2.75, 3.05) is 0 Å². The van der Waals surface area contributed by atoms with E-state index in [0.29, 0.717) is 4.68 Å². The molecule has 0 aliphatic carbocycles. The second-order valence-corrected chi connectivity index (χ2v) is 4.02. The molecule has 0 bridgehead atoms. The summed E-state index contributed by atoms with van der Waals surface area (Å²) in [5.74, 6) is -0.584. The van der Waals surface area contributed by atoms with Crippen LogP contribution in [0.15, 0.2) is 12.4 Å². The minimum absolute atomic E-state index is 0.312. The van der Waals surface area contributed by atoms with Gasteiger partial charge in [0, 0.05) is 0 Å². The van der Waals surface area contributed by atoms with Crippen molar-refractivity contribution >= 4 is 6.03 Å². The minimum atomic E-state index is -4.67. The topological polar surface area (TPSA) is 78.5 Å². The van der Waals surface area contributed by atoms with Crippen molar-refractivity contribution in [2.24, 2.45) is 0 Å². The Morgan fingerprint density at radius 1 is 1.32 bits per heavy atom. The first-order chi connectivity index (χ1) is 8.82. The molecule has 0 unspecified atom stereocenters. The van der Waals surface area contributed by atoms with Gasteiger partial charge >= 0.3 is 12.2 Å². The summed E-state index contributed by atoms with van der Waals surface area (Å²) in [4.78, 5) is 11.9. The average Bonchev–Trinajstić information content (AvgIpc) is 2.96. The van der Waals surface area contributed by atoms with Gasteiger partial charge in [-0.1, -0.05) is 24.3 Å². The van der Waals surface area contributed by atoms with Crippen molar-refractivity contribution in [1.82, 2.24) is 30.0 Å². The highest BCUT2D eigenvalue weighted by atomic mass is 19.4. The Balaban J connectivity index is 2.53. The third-order valence-corrected chi connectivity index (χ3v) is 2.32. The van der Waals surface area contributed by atoms with E-state index in [1.165, 1.54) is 26.2 Å². The van der Waals surface area contributed by atoms with Gasteiger partial charge in [0.1, 0.15) is 0 Å². The highest BCUT2D eigenvalue weighted by Gasteiger charge is 2.40. The summed E-state index contributed by atoms with van der Waals surface area (Å²) < 4.78 is 39.7. The van der Waals surface area contributed by atoms with Crippen LogP contribution < -0.4 is 0 Å². The predicted octanol–water partition coefficient (Wildman–Crippen LogP) is 1.53. The number of nitrogens with zero attached hydrogens (tertiary/aromatic N) is 6. The Morgan fingerprint density at radius 3 is 2.47 bits per heavy atom. The third-order valence-electron chi connectivity index (χ3n) is 2.32. The minimum Gasteiger partial charge on any atom is -0.243 e. The van der Waals surface area contributed by atoms with Gasteiger partial charge in [-0.05, 0) is 5.92 Å². The summed E-state index contributed by atoms with van der Waals surface area (Å²) in [7, 11) is 0. The van der Waals surface area contributed by atoms with Gasteiger partial charge in [0.25, 0.3) is 0 Å². The van der Waals surface area contributed by atoms with Crippen molar-refractivity contribution in [3.8, 4) is 0 Å². The van der Waals surface area contributed by atoms with E-state index in [9.17, 15) is 18.0 Å². The zero-order chi connectivity index (χ0) is 14.2. The van der Waals surface area contributed by atoms with Gasteiger partial charge in [0.15, 0.2) is 5.69 Å². The standard InChI is InChI=1S/C9H9F3N6O/c1-5(2)6-7(9(10,11)12)14-16-18(6)8(19)17-4-3-13-15-17/h3-5H,1-2H3. The Morgan fingerprint density at radius 2 is 2.00 bits per heavy atom. The third kappa shape index (κ3) is 2.33. The zero-order valence-electron chi connectivity index (χ0n) is 9.96. The molecule has 0 N–H and O–H groups in total. The number of carbonyl (C=O) groups excluding carboxylic acids is 1. The number of alkyl halides is 3. The summed E-state index contributed by atoms with van der Waals surface area (Å²) in [6, 6.07) is -0.871.